The molecule has 2 aromatic carbocycles. The molecule has 0 aliphatic rings. The van der Waals surface area contributed by atoms with E-state index < -0.39 is 18.0 Å². The van der Waals surface area contributed by atoms with Crippen molar-refractivity contribution in [1.82, 2.24) is 19.5 Å². The van der Waals surface area contributed by atoms with E-state index in [1.807, 2.05) is 0 Å². The van der Waals surface area contributed by atoms with Gasteiger partial charge in [-0.3, -0.25) is 0 Å². The van der Waals surface area contributed by atoms with Crippen LogP contribution in [0.1, 0.15) is 17.1 Å². The Hall–Kier alpha value is -3.66. The van der Waals surface area contributed by atoms with Gasteiger partial charge >= 0.3 is 12.1 Å². The fourth-order valence-corrected chi connectivity index (χ4v) is 3.08. The molecular weight excluding hydrogens is 452 g/mol. The zero-order valence-electron chi connectivity index (χ0n) is 16.2. The fourth-order valence-electron chi connectivity index (χ4n) is 2.92. The minimum atomic E-state index is -5.15. The van der Waals surface area contributed by atoms with Gasteiger partial charge in [0.25, 0.3) is 0 Å². The number of imidazole rings is 2. The van der Waals surface area contributed by atoms with Gasteiger partial charge in [-0.15, -0.1) is 0 Å². The number of nitrogens with zero attached hydrogens (tertiary/aromatic N) is 3. The summed E-state index contributed by atoms with van der Waals surface area (Å²) in [6.07, 6.45) is 0.901. The predicted molar refractivity (Wildman–Crippen MR) is 110 cm³/mol. The summed E-state index contributed by atoms with van der Waals surface area (Å²) in [5, 5.41) is -0.0685. The number of hydrogen-bond donors (Lipinski definition) is 1. The molecule has 0 aliphatic carbocycles. The van der Waals surface area contributed by atoms with E-state index in [0.29, 0.717) is 28.1 Å². The topological polar surface area (TPSA) is 72.8 Å². The van der Waals surface area contributed by atoms with Crippen molar-refractivity contribution in [2.45, 2.75) is 13.1 Å². The van der Waals surface area contributed by atoms with E-state index in [1.54, 1.807) is 25.3 Å². The van der Waals surface area contributed by atoms with Crippen LogP contribution in [0.3, 0.4) is 0 Å². The van der Waals surface area contributed by atoms with Crippen LogP contribution >= 0.6 is 11.6 Å². The average Bonchev–Trinajstić information content (AvgIpc) is 3.32. The molecule has 0 fully saturated rings. The van der Waals surface area contributed by atoms with E-state index in [9.17, 15) is 22.4 Å². The highest BCUT2D eigenvalue weighted by atomic mass is 35.5. The first kappa shape index (κ1) is 21.6. The molecule has 0 bridgehead atoms. The number of ether oxygens (including phenoxy) is 1. The van der Waals surface area contributed by atoms with Gasteiger partial charge in [0.1, 0.15) is 11.6 Å². The van der Waals surface area contributed by atoms with Gasteiger partial charge < -0.3 is 14.3 Å². The van der Waals surface area contributed by atoms with Crippen LogP contribution in [0.15, 0.2) is 42.9 Å². The second-order valence-electron chi connectivity index (χ2n) is 6.78. The Morgan fingerprint density at radius 3 is 2.69 bits per heavy atom. The third-order valence-corrected chi connectivity index (χ3v) is 4.67. The monoisotopic (exact) mass is 464 g/mol. The number of aromatic nitrogens is 4. The molecule has 0 amide bonds. The minimum absolute atomic E-state index is 0.0685. The summed E-state index contributed by atoms with van der Waals surface area (Å²) in [5.74, 6) is -2.87. The van der Waals surface area contributed by atoms with Crippen molar-refractivity contribution in [2.75, 3.05) is 0 Å². The number of nitrogens with one attached hydrogen (secondary N) is 1. The number of alkyl halides is 3. The first-order chi connectivity index (χ1) is 15.1. The van der Waals surface area contributed by atoms with Crippen molar-refractivity contribution in [2.24, 2.45) is 0 Å². The van der Waals surface area contributed by atoms with Crippen LogP contribution in [-0.2, 0) is 4.79 Å². The Kier molecular flexibility index (Phi) is 5.47. The number of aromatic amines is 1. The molecule has 0 radical (unpaired) electrons. The Morgan fingerprint density at radius 2 is 2.00 bits per heavy atom. The molecule has 2 aromatic heterocycles. The molecular formula is C21H13ClF4N4O2. The van der Waals surface area contributed by atoms with Gasteiger partial charge in [-0.2, -0.15) is 13.2 Å². The molecule has 2 heterocycles. The van der Waals surface area contributed by atoms with Crippen LogP contribution in [0.5, 0.6) is 5.75 Å². The lowest BCUT2D eigenvalue weighted by atomic mass is 10.1. The molecule has 4 aromatic rings. The highest BCUT2D eigenvalue weighted by Crippen LogP contribution is 2.29. The Balaban J connectivity index is 1.68. The number of esters is 1. The number of carbonyl (C=O) groups excluding carboxylic acids is 1. The van der Waals surface area contributed by atoms with Gasteiger partial charge in [-0.05, 0) is 36.8 Å². The van der Waals surface area contributed by atoms with E-state index in [0.717, 1.165) is 0 Å². The third kappa shape index (κ3) is 4.50. The van der Waals surface area contributed by atoms with E-state index in [-0.39, 0.29) is 16.5 Å². The SMILES string of the molecule is Cc1cn(-c2ccc(/C=C/c3nc4cc(Cl)c(F)cc4[nH]3)cc2OC(=O)C(F)(F)F)cn1. The Bertz CT molecular complexity index is 1320. The molecule has 4 rings (SSSR count). The van der Waals surface area contributed by atoms with Crippen molar-refractivity contribution >= 4 is 40.8 Å². The van der Waals surface area contributed by atoms with E-state index in [1.165, 1.54) is 41.2 Å². The first-order valence-electron chi connectivity index (χ1n) is 9.07. The smallest absolute Gasteiger partial charge is 0.418 e. The van der Waals surface area contributed by atoms with Crippen LogP contribution in [-0.4, -0.2) is 31.7 Å². The van der Waals surface area contributed by atoms with Gasteiger partial charge in [0.05, 0.1) is 33.8 Å². The fraction of sp³-hybridized carbons (Fsp3) is 0.0952. The standard InChI is InChI=1S/C21H13ClF4N4O2/c1-11-9-30(10-27-11)17-4-2-12(6-18(17)32-20(31)21(24,25)26)3-5-19-28-15-7-13(22)14(23)8-16(15)29-19/h2-10H,1H3,(H,28,29)/b5-3+. The molecule has 0 unspecified atom stereocenters. The van der Waals surface area contributed by atoms with Crippen LogP contribution in [0, 0.1) is 12.7 Å². The number of halogens is 5. The second kappa shape index (κ2) is 8.12. The van der Waals surface area contributed by atoms with Crippen molar-refractivity contribution in [3.63, 3.8) is 0 Å². The molecule has 1 N–H and O–H groups in total. The molecule has 6 nitrogen and oxygen atoms in total. The van der Waals surface area contributed by atoms with Crippen molar-refractivity contribution < 1.29 is 27.1 Å². The molecule has 0 atom stereocenters. The summed E-state index contributed by atoms with van der Waals surface area (Å²) in [4.78, 5) is 22.6. The normalized spacial score (nSPS) is 12.1. The van der Waals surface area contributed by atoms with E-state index in [4.69, 9.17) is 11.6 Å². The maximum Gasteiger partial charge on any atom is 0.491 e. The number of fused-ring (bicyclic) bond motifs is 1. The van der Waals surface area contributed by atoms with Gasteiger partial charge in [0.2, 0.25) is 0 Å². The lowest BCUT2D eigenvalue weighted by Gasteiger charge is -2.12. The highest BCUT2D eigenvalue weighted by Gasteiger charge is 2.41. The molecule has 0 saturated carbocycles. The lowest BCUT2D eigenvalue weighted by molar-refractivity contribution is -0.189. The molecule has 0 saturated heterocycles. The van der Waals surface area contributed by atoms with Crippen molar-refractivity contribution in [1.29, 1.82) is 0 Å². The lowest BCUT2D eigenvalue weighted by Crippen LogP contribution is -2.28. The zero-order valence-corrected chi connectivity index (χ0v) is 17.0. The summed E-state index contributed by atoms with van der Waals surface area (Å²) >= 11 is 5.75. The Morgan fingerprint density at radius 1 is 1.22 bits per heavy atom. The number of aryl methyl sites for hydroxylation is 1. The highest BCUT2D eigenvalue weighted by molar-refractivity contribution is 6.31. The zero-order chi connectivity index (χ0) is 23.0. The number of rotatable bonds is 4. The van der Waals surface area contributed by atoms with Crippen molar-refractivity contribution in [3.8, 4) is 11.4 Å². The van der Waals surface area contributed by atoms with Crippen LogP contribution in [0.25, 0.3) is 28.9 Å². The van der Waals surface area contributed by atoms with Crippen LogP contribution in [0.2, 0.25) is 5.02 Å². The van der Waals surface area contributed by atoms with Crippen molar-refractivity contribution in [3.05, 3.63) is 70.8 Å². The predicted octanol–water partition coefficient (Wildman–Crippen LogP) is 5.49. The molecule has 32 heavy (non-hydrogen) atoms. The number of hydrogen-bond acceptors (Lipinski definition) is 4. The van der Waals surface area contributed by atoms with E-state index in [2.05, 4.69) is 19.7 Å². The average molecular weight is 465 g/mol. The molecule has 0 aliphatic heterocycles. The summed E-state index contributed by atoms with van der Waals surface area (Å²) in [6.45, 7) is 1.71. The third-order valence-electron chi connectivity index (χ3n) is 4.38. The summed E-state index contributed by atoms with van der Waals surface area (Å²) in [7, 11) is 0. The Labute approximate surface area is 183 Å². The number of benzene rings is 2. The molecule has 11 heteroatoms. The van der Waals surface area contributed by atoms with Gasteiger partial charge in [0.15, 0.2) is 5.75 Å². The number of carbonyl (C=O) groups is 1. The van der Waals surface area contributed by atoms with Gasteiger partial charge in [-0.25, -0.2) is 19.2 Å². The maximum absolute atomic E-state index is 13.6. The quantitative estimate of drug-likeness (QED) is 0.246. The van der Waals surface area contributed by atoms with Crippen LogP contribution < -0.4 is 4.74 Å². The van der Waals surface area contributed by atoms with Gasteiger partial charge in [0, 0.05) is 12.3 Å². The summed E-state index contributed by atoms with van der Waals surface area (Å²) < 4.78 is 57.9. The van der Waals surface area contributed by atoms with Gasteiger partial charge in [-0.1, -0.05) is 23.7 Å². The number of H-pyrrole nitrogens is 1. The van der Waals surface area contributed by atoms with E-state index >= 15 is 0 Å². The largest absolute Gasteiger partial charge is 0.491 e. The maximum atomic E-state index is 13.6. The summed E-state index contributed by atoms with van der Waals surface area (Å²) in [5.41, 5.74) is 2.14. The van der Waals surface area contributed by atoms with Crippen LogP contribution in [0.4, 0.5) is 17.6 Å². The first-order valence-corrected chi connectivity index (χ1v) is 9.45. The summed E-state index contributed by atoms with van der Waals surface area (Å²) in [6, 6.07) is 6.97. The molecule has 0 spiro atoms. The second-order valence-corrected chi connectivity index (χ2v) is 7.18. The minimum Gasteiger partial charge on any atom is -0.418 e. The molecule has 164 valence electrons.